The van der Waals surface area contributed by atoms with E-state index < -0.39 is 119 Å². The normalized spacial score (nSPS) is 25.5. The Morgan fingerprint density at radius 3 is 0.538 bits per heavy atom. The molecule has 312 valence electrons. The van der Waals surface area contributed by atoms with Crippen molar-refractivity contribution in [2.24, 2.45) is 0 Å². The van der Waals surface area contributed by atoms with Gasteiger partial charge in [0.2, 0.25) is 0 Å². The molecular weight excluding hydrogens is 839 g/mol. The highest BCUT2D eigenvalue weighted by atomic mass is 31.2. The Labute approximate surface area is 327 Å². The largest absolute Gasteiger partial charge is 0.455 e. The monoisotopic (exact) mass is 916 g/mol. The molecule has 0 bridgehead atoms. The van der Waals surface area contributed by atoms with Gasteiger partial charge in [-0.05, 0) is 157 Å². The average Bonchev–Trinajstić information content (AvgIpc) is 2.72. The van der Waals surface area contributed by atoms with Gasteiger partial charge in [-0.25, -0.2) is 9.13 Å². The molecule has 6 atom stereocenters. The zero-order valence-corrected chi connectivity index (χ0v) is 47.0. The quantitative estimate of drug-likeness (QED) is 0.0852. The van der Waals surface area contributed by atoms with Crippen LogP contribution in [-0.4, -0.2) is 103 Å². The minimum absolute atomic E-state index is 0.901. The van der Waals surface area contributed by atoms with Gasteiger partial charge in [0, 0.05) is 0 Å². The fourth-order valence-corrected chi connectivity index (χ4v) is 23.1. The summed E-state index contributed by atoms with van der Waals surface area (Å²) in [5, 5.41) is 0. The number of hydrogen-bond acceptors (Lipinski definition) is 12. The van der Waals surface area contributed by atoms with Gasteiger partial charge in [-0.15, -0.1) is 0 Å². The predicted molar refractivity (Wildman–Crippen MR) is 236 cm³/mol. The van der Waals surface area contributed by atoms with Crippen LogP contribution >= 0.6 is 15.6 Å². The molecule has 52 heavy (non-hydrogen) atoms. The van der Waals surface area contributed by atoms with E-state index in [0.717, 1.165) is 0 Å². The van der Waals surface area contributed by atoms with Crippen LogP contribution in [0.4, 0.5) is 0 Å². The highest BCUT2D eigenvalue weighted by molar-refractivity contribution is 7.52. The smallest absolute Gasteiger partial charge is 0.409 e. The van der Waals surface area contributed by atoms with Crippen molar-refractivity contribution < 1.29 is 52.7 Å². The molecule has 1 aliphatic rings. The zero-order chi connectivity index (χ0) is 41.5. The lowest BCUT2D eigenvalue weighted by Gasteiger charge is -2.55. The van der Waals surface area contributed by atoms with Crippen molar-refractivity contribution in [1.29, 1.82) is 0 Å². The highest BCUT2D eigenvalue weighted by Crippen LogP contribution is 2.60. The maximum atomic E-state index is 15.1. The van der Waals surface area contributed by atoms with E-state index in [2.05, 4.69) is 78.6 Å². The molecule has 0 aromatic heterocycles. The minimum atomic E-state index is -4.24. The van der Waals surface area contributed by atoms with Gasteiger partial charge in [-0.3, -0.25) is 9.05 Å². The molecule has 0 spiro atoms. The van der Waals surface area contributed by atoms with Crippen molar-refractivity contribution in [1.82, 2.24) is 0 Å². The van der Waals surface area contributed by atoms with Crippen LogP contribution in [0.1, 0.15) is 0 Å². The molecule has 1 fully saturated rings. The van der Waals surface area contributed by atoms with E-state index in [-0.39, 0.29) is 0 Å². The van der Waals surface area contributed by atoms with E-state index >= 15 is 9.13 Å². The lowest BCUT2D eigenvalue weighted by atomic mass is 9.85. The van der Waals surface area contributed by atoms with Crippen molar-refractivity contribution in [2.75, 3.05) is 0 Å². The second kappa shape index (κ2) is 17.6. The average molecular weight is 918 g/mol. The molecule has 0 aromatic rings. The molecule has 0 heterocycles. The Hall–Kier alpha value is 1.80. The standard InChI is InChI=1S/C30H78O12P2Si8/c1-45(2,3)35-27-25(33-43(31,39-49(13,14)15)40-50(16,17)18)29(37-47(7,8)9)30(38-48(10,11)12)26(28(27)36-46(4,5)6)34-44(32,41-51(19,20)21)42-52(22,23)24/h25-30H,1-24H3/t25?,26?,27-,28-,29-,30+/m0/s1. The van der Waals surface area contributed by atoms with Crippen LogP contribution in [0.2, 0.25) is 157 Å². The molecule has 22 heteroatoms. The van der Waals surface area contributed by atoms with E-state index in [0.29, 0.717) is 0 Å². The number of hydrogen-bond donors (Lipinski definition) is 0. The molecule has 12 nitrogen and oxygen atoms in total. The van der Waals surface area contributed by atoms with Crippen LogP contribution < -0.4 is 0 Å². The summed E-state index contributed by atoms with van der Waals surface area (Å²) in [6.07, 6.45) is -5.67. The summed E-state index contributed by atoms with van der Waals surface area (Å²) in [4.78, 5) is 0. The predicted octanol–water partition coefficient (Wildman–Crippen LogP) is 11.3. The van der Waals surface area contributed by atoms with E-state index in [4.69, 9.17) is 43.6 Å². The Bertz CT molecular complexity index is 1080. The fourth-order valence-electron chi connectivity index (χ4n) is 5.29. The minimum Gasteiger partial charge on any atom is -0.409 e. The molecule has 0 N–H and O–H groups in total. The zero-order valence-electron chi connectivity index (χ0n) is 37.3. The van der Waals surface area contributed by atoms with Crippen molar-refractivity contribution in [3.8, 4) is 0 Å². The summed E-state index contributed by atoms with van der Waals surface area (Å²) in [7, 11) is -28.3. The Morgan fingerprint density at radius 1 is 0.269 bits per heavy atom. The number of rotatable bonds is 20. The van der Waals surface area contributed by atoms with Crippen molar-refractivity contribution in [3.63, 3.8) is 0 Å². The molecule has 2 unspecified atom stereocenters. The summed E-state index contributed by atoms with van der Waals surface area (Å²) in [6.45, 7) is 48.4. The highest BCUT2D eigenvalue weighted by Gasteiger charge is 2.61. The maximum Gasteiger partial charge on any atom is 0.455 e. The molecule has 0 saturated heterocycles. The summed E-state index contributed by atoms with van der Waals surface area (Å²) < 4.78 is 97.7. The second-order valence-corrected chi connectivity index (χ2v) is 61.5. The molecule has 1 aliphatic carbocycles. The van der Waals surface area contributed by atoms with Gasteiger partial charge in [-0.2, -0.15) is 0 Å². The van der Waals surface area contributed by atoms with Gasteiger partial charge in [0.1, 0.15) is 36.6 Å². The molecule has 1 saturated carbocycles. The van der Waals surface area contributed by atoms with Gasteiger partial charge in [-0.1, -0.05) is 0 Å². The molecule has 0 radical (unpaired) electrons. The molecule has 1 rings (SSSR count). The Kier molecular flexibility index (Phi) is 17.5. The lowest BCUT2D eigenvalue weighted by molar-refractivity contribution is -0.197. The first-order valence-electron chi connectivity index (χ1n) is 18.5. The summed E-state index contributed by atoms with van der Waals surface area (Å²) in [5.41, 5.74) is 0. The maximum absolute atomic E-state index is 15.1. The van der Waals surface area contributed by atoms with Crippen LogP contribution in [0.5, 0.6) is 0 Å². The van der Waals surface area contributed by atoms with Crippen molar-refractivity contribution >= 4 is 82.2 Å². The molecular formula is C30H78O12P2Si8. The number of phosphoric acid groups is 2. The van der Waals surface area contributed by atoms with E-state index in [1.54, 1.807) is 0 Å². The first-order chi connectivity index (χ1) is 22.4. The van der Waals surface area contributed by atoms with Crippen molar-refractivity contribution in [2.45, 2.75) is 194 Å². The first kappa shape index (κ1) is 51.8. The van der Waals surface area contributed by atoms with Gasteiger partial charge < -0.3 is 34.6 Å². The van der Waals surface area contributed by atoms with Gasteiger partial charge >= 0.3 is 15.6 Å². The Morgan fingerprint density at radius 2 is 0.423 bits per heavy atom. The second-order valence-electron chi connectivity index (χ2n) is 21.6. The van der Waals surface area contributed by atoms with Crippen LogP contribution in [0.3, 0.4) is 0 Å². The van der Waals surface area contributed by atoms with Crippen LogP contribution in [0.15, 0.2) is 0 Å². The van der Waals surface area contributed by atoms with Crippen LogP contribution in [0, 0.1) is 0 Å². The SMILES string of the molecule is C[Si](C)(C)O[C@@H]1C(OP(=O)(O[Si](C)(C)C)O[Si](C)(C)C)[C@H](O[Si](C)(C)C)[C@@H](O[Si](C)(C)C)C(OP(=O)(O[Si](C)(C)C)O[Si](C)(C)C)[C@@H]1O[Si](C)(C)C. The Balaban J connectivity index is 4.46. The van der Waals surface area contributed by atoms with Gasteiger partial charge in [0.15, 0.2) is 66.5 Å². The van der Waals surface area contributed by atoms with E-state index in [9.17, 15) is 0 Å². The lowest BCUT2D eigenvalue weighted by Crippen LogP contribution is -2.71. The van der Waals surface area contributed by atoms with Crippen LogP contribution in [-0.2, 0) is 52.7 Å². The first-order valence-corrected chi connectivity index (χ1v) is 48.7. The topological polar surface area (TPSA) is 126 Å². The third-order valence-corrected chi connectivity index (χ3v) is 23.2. The third kappa shape index (κ3) is 21.0. The molecule has 0 aliphatic heterocycles. The van der Waals surface area contributed by atoms with Gasteiger partial charge in [0.25, 0.3) is 0 Å². The molecule has 0 aromatic carbocycles. The summed E-state index contributed by atoms with van der Waals surface area (Å²) in [5.74, 6) is 0. The van der Waals surface area contributed by atoms with E-state index in [1.165, 1.54) is 0 Å². The molecule has 0 amide bonds. The third-order valence-electron chi connectivity index (χ3n) is 5.95. The van der Waals surface area contributed by atoms with Crippen LogP contribution in [0.25, 0.3) is 0 Å². The van der Waals surface area contributed by atoms with Crippen molar-refractivity contribution in [3.05, 3.63) is 0 Å². The summed E-state index contributed by atoms with van der Waals surface area (Å²) in [6, 6.07) is 0. The van der Waals surface area contributed by atoms with E-state index in [1.807, 2.05) is 78.6 Å². The fraction of sp³-hybridized carbons (Fsp3) is 1.00. The summed E-state index contributed by atoms with van der Waals surface area (Å²) >= 11 is 0. The van der Waals surface area contributed by atoms with Gasteiger partial charge in [0.05, 0.1) is 0 Å².